The van der Waals surface area contributed by atoms with Crippen molar-refractivity contribution in [3.8, 4) is 0 Å². The Morgan fingerprint density at radius 1 is 1.29 bits per heavy atom. The summed E-state index contributed by atoms with van der Waals surface area (Å²) >= 11 is 0. The molecule has 0 fully saturated rings. The summed E-state index contributed by atoms with van der Waals surface area (Å²) in [6.07, 6.45) is 1.72. The predicted molar refractivity (Wildman–Crippen MR) is 59.5 cm³/mol. The first-order valence-electron chi connectivity index (χ1n) is 5.21. The Bertz CT molecular complexity index is 298. The Labute approximate surface area is 86.1 Å². The molecule has 0 aromatic heterocycles. The third-order valence-electron chi connectivity index (χ3n) is 2.61. The van der Waals surface area contributed by atoms with E-state index in [0.717, 1.165) is 12.0 Å². The number of carbonyl (C=O) groups is 1. The van der Waals surface area contributed by atoms with E-state index in [2.05, 4.69) is 38.1 Å². The fourth-order valence-corrected chi connectivity index (χ4v) is 1.49. The van der Waals surface area contributed by atoms with E-state index < -0.39 is 0 Å². The summed E-state index contributed by atoms with van der Waals surface area (Å²) in [5, 5.41) is 0. The van der Waals surface area contributed by atoms with Crippen LogP contribution >= 0.6 is 0 Å². The zero-order chi connectivity index (χ0) is 10.6. The molecule has 1 heteroatoms. The van der Waals surface area contributed by atoms with Crippen molar-refractivity contribution in [2.24, 2.45) is 0 Å². The van der Waals surface area contributed by atoms with E-state index in [9.17, 15) is 4.79 Å². The van der Waals surface area contributed by atoms with Crippen LogP contribution in [0, 0.1) is 0 Å². The van der Waals surface area contributed by atoms with E-state index in [1.165, 1.54) is 5.56 Å². The fraction of sp³-hybridized carbons (Fsp3) is 0.462. The summed E-state index contributed by atoms with van der Waals surface area (Å²) in [6.45, 7) is 6.04. The van der Waals surface area contributed by atoms with Gasteiger partial charge in [0.15, 0.2) is 0 Å². The molecule has 0 saturated carbocycles. The van der Waals surface area contributed by atoms with E-state index in [-0.39, 0.29) is 5.78 Å². The average molecular weight is 190 g/mol. The number of rotatable bonds is 4. The van der Waals surface area contributed by atoms with Crippen LogP contribution in [0.5, 0.6) is 0 Å². The van der Waals surface area contributed by atoms with Crippen molar-refractivity contribution in [2.45, 2.75) is 39.5 Å². The highest BCUT2D eigenvalue weighted by atomic mass is 16.1. The summed E-state index contributed by atoms with van der Waals surface area (Å²) < 4.78 is 0. The number of Topliss-reactive ketones (excluding diaryl/α,β-unsaturated/α-hetero) is 1. The van der Waals surface area contributed by atoms with Crippen LogP contribution in [0.15, 0.2) is 24.3 Å². The van der Waals surface area contributed by atoms with Gasteiger partial charge < -0.3 is 0 Å². The van der Waals surface area contributed by atoms with Crippen molar-refractivity contribution in [1.29, 1.82) is 0 Å². The molecule has 1 nitrogen and oxygen atoms in total. The van der Waals surface area contributed by atoms with Crippen LogP contribution in [-0.4, -0.2) is 5.78 Å². The number of hydrogen-bond acceptors (Lipinski definition) is 1. The molecule has 1 aromatic rings. The topological polar surface area (TPSA) is 17.1 Å². The third kappa shape index (κ3) is 2.99. The Kier molecular flexibility index (Phi) is 3.87. The Morgan fingerprint density at radius 3 is 2.29 bits per heavy atom. The second kappa shape index (κ2) is 4.94. The molecular weight excluding hydrogens is 172 g/mol. The standard InChI is InChI=1S/C13H18O/c1-4-10(2)13-7-5-12(6-8-13)9-11(3)14/h5-8,10H,4,9H2,1-3H3. The Morgan fingerprint density at radius 2 is 1.86 bits per heavy atom. The molecule has 0 bridgehead atoms. The zero-order valence-corrected chi connectivity index (χ0v) is 9.21. The first-order valence-corrected chi connectivity index (χ1v) is 5.21. The van der Waals surface area contributed by atoms with Crippen LogP contribution in [0.1, 0.15) is 44.2 Å². The monoisotopic (exact) mass is 190 g/mol. The molecule has 0 aliphatic heterocycles. The summed E-state index contributed by atoms with van der Waals surface area (Å²) in [6, 6.07) is 8.38. The van der Waals surface area contributed by atoms with E-state index in [1.54, 1.807) is 6.92 Å². The molecule has 0 saturated heterocycles. The molecule has 0 radical (unpaired) electrons. The van der Waals surface area contributed by atoms with Crippen molar-refractivity contribution < 1.29 is 4.79 Å². The van der Waals surface area contributed by atoms with Crippen molar-refractivity contribution in [2.75, 3.05) is 0 Å². The van der Waals surface area contributed by atoms with Crippen molar-refractivity contribution in [3.63, 3.8) is 0 Å². The van der Waals surface area contributed by atoms with Crippen LogP contribution in [-0.2, 0) is 11.2 Å². The summed E-state index contributed by atoms with van der Waals surface area (Å²) in [5.74, 6) is 0.836. The molecule has 0 spiro atoms. The highest BCUT2D eigenvalue weighted by molar-refractivity contribution is 5.78. The van der Waals surface area contributed by atoms with Gasteiger partial charge in [0.05, 0.1) is 0 Å². The van der Waals surface area contributed by atoms with E-state index >= 15 is 0 Å². The van der Waals surface area contributed by atoms with Gasteiger partial charge in [-0.15, -0.1) is 0 Å². The fourth-order valence-electron chi connectivity index (χ4n) is 1.49. The normalized spacial score (nSPS) is 12.5. The van der Waals surface area contributed by atoms with Gasteiger partial charge in [-0.25, -0.2) is 0 Å². The number of benzene rings is 1. The second-order valence-corrected chi connectivity index (χ2v) is 3.93. The molecule has 0 heterocycles. The lowest BCUT2D eigenvalue weighted by Crippen LogP contribution is -1.97. The van der Waals surface area contributed by atoms with Crippen LogP contribution in [0.4, 0.5) is 0 Å². The molecule has 14 heavy (non-hydrogen) atoms. The van der Waals surface area contributed by atoms with Gasteiger partial charge in [0.1, 0.15) is 5.78 Å². The third-order valence-corrected chi connectivity index (χ3v) is 2.61. The molecule has 0 aliphatic carbocycles. The molecule has 0 N–H and O–H groups in total. The average Bonchev–Trinajstić information content (AvgIpc) is 2.17. The van der Waals surface area contributed by atoms with Gasteiger partial charge in [-0.1, -0.05) is 38.1 Å². The van der Waals surface area contributed by atoms with Crippen molar-refractivity contribution >= 4 is 5.78 Å². The van der Waals surface area contributed by atoms with Crippen LogP contribution < -0.4 is 0 Å². The molecule has 0 aliphatic rings. The first kappa shape index (κ1) is 11.0. The lowest BCUT2D eigenvalue weighted by atomic mass is 9.97. The molecule has 1 aromatic carbocycles. The molecule has 1 rings (SSSR count). The largest absolute Gasteiger partial charge is 0.300 e. The molecular formula is C13H18O. The van der Waals surface area contributed by atoms with Crippen molar-refractivity contribution in [1.82, 2.24) is 0 Å². The molecule has 1 atom stereocenters. The lowest BCUT2D eigenvalue weighted by Gasteiger charge is -2.09. The van der Waals surface area contributed by atoms with Gasteiger partial charge >= 0.3 is 0 Å². The van der Waals surface area contributed by atoms with Gasteiger partial charge in [0.2, 0.25) is 0 Å². The highest BCUT2D eigenvalue weighted by Gasteiger charge is 2.02. The maximum atomic E-state index is 10.9. The van der Waals surface area contributed by atoms with Gasteiger partial charge in [-0.2, -0.15) is 0 Å². The zero-order valence-electron chi connectivity index (χ0n) is 9.21. The summed E-state index contributed by atoms with van der Waals surface area (Å²) in [4.78, 5) is 10.9. The van der Waals surface area contributed by atoms with Crippen LogP contribution in [0.2, 0.25) is 0 Å². The van der Waals surface area contributed by atoms with Gasteiger partial charge in [0, 0.05) is 6.42 Å². The van der Waals surface area contributed by atoms with Gasteiger partial charge in [0.25, 0.3) is 0 Å². The summed E-state index contributed by atoms with van der Waals surface area (Å²) in [5.41, 5.74) is 2.48. The number of carbonyl (C=O) groups excluding carboxylic acids is 1. The minimum atomic E-state index is 0.223. The quantitative estimate of drug-likeness (QED) is 0.711. The lowest BCUT2D eigenvalue weighted by molar-refractivity contribution is -0.116. The maximum Gasteiger partial charge on any atom is 0.134 e. The van der Waals surface area contributed by atoms with Crippen LogP contribution in [0.25, 0.3) is 0 Å². The SMILES string of the molecule is CCC(C)c1ccc(CC(C)=O)cc1. The maximum absolute atomic E-state index is 10.9. The van der Waals surface area contributed by atoms with Crippen molar-refractivity contribution in [3.05, 3.63) is 35.4 Å². The number of ketones is 1. The minimum Gasteiger partial charge on any atom is -0.300 e. The van der Waals surface area contributed by atoms with Crippen LogP contribution in [0.3, 0.4) is 0 Å². The highest BCUT2D eigenvalue weighted by Crippen LogP contribution is 2.18. The summed E-state index contributed by atoms with van der Waals surface area (Å²) in [7, 11) is 0. The number of hydrogen-bond donors (Lipinski definition) is 0. The Hall–Kier alpha value is -1.11. The second-order valence-electron chi connectivity index (χ2n) is 3.93. The molecule has 76 valence electrons. The predicted octanol–water partition coefficient (Wildman–Crippen LogP) is 3.33. The van der Waals surface area contributed by atoms with E-state index in [4.69, 9.17) is 0 Å². The van der Waals surface area contributed by atoms with E-state index in [1.807, 2.05) is 0 Å². The van der Waals surface area contributed by atoms with Gasteiger partial charge in [-0.3, -0.25) is 4.79 Å². The first-order chi connectivity index (χ1) is 6.63. The Balaban J connectivity index is 2.73. The molecule has 1 unspecified atom stereocenters. The van der Waals surface area contributed by atoms with E-state index in [0.29, 0.717) is 12.3 Å². The smallest absolute Gasteiger partial charge is 0.134 e. The van der Waals surface area contributed by atoms with Gasteiger partial charge in [-0.05, 0) is 30.4 Å². The minimum absolute atomic E-state index is 0.223. The molecule has 0 amide bonds.